The van der Waals surface area contributed by atoms with E-state index in [9.17, 15) is 0 Å². The maximum atomic E-state index is 3.12. The smallest absolute Gasteiger partial charge is 0.103 e. The van der Waals surface area contributed by atoms with Crippen molar-refractivity contribution in [3.05, 3.63) is 217 Å². The molecule has 0 nitrogen and oxygen atoms in total. The monoisotopic (exact) mass is 1110 g/mol. The van der Waals surface area contributed by atoms with E-state index in [1.807, 2.05) is 0 Å². The molecule has 0 aromatic heterocycles. The Balaban J connectivity index is 0. The van der Waals surface area contributed by atoms with Gasteiger partial charge in [-0.3, -0.25) is 24.3 Å². The normalized spacial score (nSPS) is 13.0. The molecule has 0 N–H and O–H groups in total. The Morgan fingerprint density at radius 3 is 0.630 bits per heavy atom. The number of hydrogen-bond donors (Lipinski definition) is 0. The summed E-state index contributed by atoms with van der Waals surface area (Å²) in [6.45, 7) is 8.24. The van der Waals surface area contributed by atoms with E-state index in [2.05, 4.69) is 222 Å². The summed E-state index contributed by atoms with van der Waals surface area (Å²) < 4.78 is 0. The van der Waals surface area contributed by atoms with E-state index in [0.717, 1.165) is 25.7 Å². The molecule has 2 radical (unpaired) electrons. The third-order valence-corrected chi connectivity index (χ3v) is 10.2. The van der Waals surface area contributed by atoms with Gasteiger partial charge < -0.3 is 24.8 Å². The Labute approximate surface area is 382 Å². The van der Waals surface area contributed by atoms with Crippen molar-refractivity contribution in [1.29, 1.82) is 0 Å². The van der Waals surface area contributed by atoms with E-state index in [1.54, 1.807) is 0 Å². The molecule has 54 heavy (non-hydrogen) atoms. The maximum absolute atomic E-state index is 3.12. The van der Waals surface area contributed by atoms with Gasteiger partial charge in [-0.15, -0.1) is 25.7 Å². The van der Waals surface area contributed by atoms with Gasteiger partial charge in [-0.25, -0.2) is 46.6 Å². The molecule has 0 bridgehead atoms. The molecule has 0 saturated carbocycles. The molecule has 6 heteroatoms. The zero-order chi connectivity index (χ0) is 35.5. The first-order chi connectivity index (χ1) is 24.5. The molecule has 0 amide bonds. The standard InChI is InChI=1S/2C12H11Si.4C6H7.2ClH.2Hf/c2*1-3-7-11(8-4-1)13-12-9-5-2-6-10-12;4*1-6-4-2-3-5-6;;;;/h2*1-10,13H;4*2,4H,3H2,1H3;2*1H;;/q;;4*-1;;;;/p-2. The number of halogens is 2. The fraction of sp³-hybridized carbons (Fsp3) is 0.167. The van der Waals surface area contributed by atoms with Crippen molar-refractivity contribution in [2.75, 3.05) is 0 Å². The van der Waals surface area contributed by atoms with Crippen molar-refractivity contribution < 1.29 is 76.5 Å². The zero-order valence-electron chi connectivity index (χ0n) is 31.9. The third-order valence-electron chi connectivity index (χ3n) is 7.33. The summed E-state index contributed by atoms with van der Waals surface area (Å²) in [5.41, 5.74) is 5.09. The number of allylic oxidation sites excluding steroid dienone is 16. The van der Waals surface area contributed by atoms with Crippen LogP contribution in [0.25, 0.3) is 0 Å². The van der Waals surface area contributed by atoms with Crippen molar-refractivity contribution in [2.45, 2.75) is 53.4 Å². The van der Waals surface area contributed by atoms with Crippen LogP contribution in [-0.4, -0.2) is 19.0 Å². The molecule has 0 saturated heterocycles. The van der Waals surface area contributed by atoms with Gasteiger partial charge in [0.25, 0.3) is 0 Å². The third kappa shape index (κ3) is 27.2. The molecule has 0 aliphatic heterocycles. The molecule has 4 aliphatic carbocycles. The minimum absolute atomic E-state index is 0. The van der Waals surface area contributed by atoms with E-state index < -0.39 is 0 Å². The largest absolute Gasteiger partial charge is 1.00 e. The van der Waals surface area contributed by atoms with Gasteiger partial charge in [-0.05, 0) is 0 Å². The second kappa shape index (κ2) is 35.0. The van der Waals surface area contributed by atoms with E-state index in [1.165, 1.54) is 43.0 Å². The first kappa shape index (κ1) is 53.7. The minimum Gasteiger partial charge on any atom is -1.00 e. The Hall–Kier alpha value is -2.45. The predicted molar refractivity (Wildman–Crippen MR) is 223 cm³/mol. The van der Waals surface area contributed by atoms with Gasteiger partial charge in [0.05, 0.1) is 0 Å². The predicted octanol–water partition coefficient (Wildman–Crippen LogP) is 2.93. The van der Waals surface area contributed by atoms with Crippen molar-refractivity contribution in [2.24, 2.45) is 0 Å². The fourth-order valence-corrected chi connectivity index (χ4v) is 7.07. The first-order valence-corrected chi connectivity index (χ1v) is 19.6. The average molecular weight is 1110 g/mol. The molecular weight excluding hydrogens is 1060 g/mol. The second-order valence-corrected chi connectivity index (χ2v) is 15.0. The number of rotatable bonds is 4. The van der Waals surface area contributed by atoms with Gasteiger partial charge in [0, 0.05) is 51.7 Å². The van der Waals surface area contributed by atoms with Crippen LogP contribution in [-0.2, 0) is 51.7 Å². The van der Waals surface area contributed by atoms with Crippen molar-refractivity contribution in [1.82, 2.24) is 0 Å². The van der Waals surface area contributed by atoms with Crippen LogP contribution in [0.2, 0.25) is 0 Å². The van der Waals surface area contributed by atoms with Crippen LogP contribution in [0.5, 0.6) is 0 Å². The number of benzene rings is 4. The quantitative estimate of drug-likeness (QED) is 0.218. The van der Waals surface area contributed by atoms with Crippen LogP contribution >= 0.6 is 0 Å². The van der Waals surface area contributed by atoms with Crippen LogP contribution in [0.3, 0.4) is 0 Å². The Bertz CT molecular complexity index is 1480. The molecular formula is C48H50Cl2Hf2Si2-6. The molecule has 0 heterocycles. The first-order valence-electron chi connectivity index (χ1n) is 17.3. The molecule has 4 aromatic carbocycles. The van der Waals surface area contributed by atoms with Gasteiger partial charge in [0.1, 0.15) is 19.0 Å². The van der Waals surface area contributed by atoms with E-state index in [0.29, 0.717) is 0 Å². The Morgan fingerprint density at radius 2 is 0.519 bits per heavy atom. The summed E-state index contributed by atoms with van der Waals surface area (Å²) in [6, 6.07) is 42.6. The van der Waals surface area contributed by atoms with Crippen LogP contribution < -0.4 is 45.6 Å². The van der Waals surface area contributed by atoms with Crippen molar-refractivity contribution in [3.8, 4) is 0 Å². The van der Waals surface area contributed by atoms with Gasteiger partial charge >= 0.3 is 0 Å². The molecule has 8 rings (SSSR count). The maximum Gasteiger partial charge on any atom is 0.103 e. The van der Waals surface area contributed by atoms with E-state index in [4.69, 9.17) is 0 Å². The molecule has 0 atom stereocenters. The van der Waals surface area contributed by atoms with Crippen LogP contribution in [0.1, 0.15) is 53.4 Å². The fourth-order valence-electron chi connectivity index (χ4n) is 4.64. The zero-order valence-corrected chi connectivity index (χ0v) is 42.9. The van der Waals surface area contributed by atoms with Crippen LogP contribution in [0, 0.1) is 24.3 Å². The summed E-state index contributed by atoms with van der Waals surface area (Å²) in [5, 5.41) is 5.81. The topological polar surface area (TPSA) is 0 Å². The average Bonchev–Trinajstić information content (AvgIpc) is 4.01. The van der Waals surface area contributed by atoms with Crippen LogP contribution in [0.4, 0.5) is 0 Å². The second-order valence-electron chi connectivity index (χ2n) is 11.8. The van der Waals surface area contributed by atoms with E-state index >= 15 is 0 Å². The molecule has 0 unspecified atom stereocenters. The SMILES string of the molecule is CC1=[C-]CC=C1.CC1=[C-]CC=C1.CC1=[C-]CC=C1.CC1=[C-]CC=C1.[Cl-].[Cl-].[Hf].[Hf].c1ccc([SiH]c2ccccc2)cc1.c1ccc([SiH]c2ccccc2)cc1. The molecule has 278 valence electrons. The summed E-state index contributed by atoms with van der Waals surface area (Å²) >= 11 is 0. The minimum atomic E-state index is 0. The van der Waals surface area contributed by atoms with E-state index in [-0.39, 0.29) is 95.5 Å². The molecule has 4 aromatic rings. The van der Waals surface area contributed by atoms with Gasteiger partial charge in [-0.1, -0.05) is 170 Å². The van der Waals surface area contributed by atoms with Gasteiger partial charge in [0.15, 0.2) is 0 Å². The Morgan fingerprint density at radius 1 is 0.333 bits per heavy atom. The molecule has 0 spiro atoms. The van der Waals surface area contributed by atoms with Crippen molar-refractivity contribution in [3.63, 3.8) is 0 Å². The molecule has 0 fully saturated rings. The van der Waals surface area contributed by atoms with Gasteiger partial charge in [0.2, 0.25) is 0 Å². The van der Waals surface area contributed by atoms with Crippen molar-refractivity contribution >= 4 is 39.8 Å². The summed E-state index contributed by atoms with van der Waals surface area (Å²) in [7, 11) is 0.543. The van der Waals surface area contributed by atoms with Crippen LogP contribution in [0.15, 0.2) is 192 Å². The Kier molecular flexibility index (Phi) is 34.8. The number of hydrogen-bond acceptors (Lipinski definition) is 0. The summed E-state index contributed by atoms with van der Waals surface area (Å²) in [4.78, 5) is 0. The summed E-state index contributed by atoms with van der Waals surface area (Å²) in [5.74, 6) is 0. The molecule has 4 aliphatic rings. The van der Waals surface area contributed by atoms with Gasteiger partial charge in [-0.2, -0.15) is 24.3 Å². The summed E-state index contributed by atoms with van der Waals surface area (Å²) in [6.07, 6.45) is 33.3.